The standard InChI is InChI=1S/C12H12F3N3O2S.ClH/c1-6(16)10(19)18-11-17-8-3-2-7(4-9(8)21-11)20-5-12(13,14)15;/h2-4,6H,5,16H2,1H3,(H,17,18,19);1H/t6-;/m1./s1. The van der Waals surface area contributed by atoms with Crippen molar-refractivity contribution < 1.29 is 22.7 Å². The lowest BCUT2D eigenvalue weighted by atomic mass is 10.3. The highest BCUT2D eigenvalue weighted by Crippen LogP contribution is 2.30. The van der Waals surface area contributed by atoms with Crippen LogP contribution in [0.2, 0.25) is 0 Å². The van der Waals surface area contributed by atoms with E-state index in [1.165, 1.54) is 25.1 Å². The summed E-state index contributed by atoms with van der Waals surface area (Å²) in [6, 6.07) is 3.69. The fourth-order valence-corrected chi connectivity index (χ4v) is 2.33. The summed E-state index contributed by atoms with van der Waals surface area (Å²) in [6.45, 7) is 0.178. The highest BCUT2D eigenvalue weighted by atomic mass is 35.5. The largest absolute Gasteiger partial charge is 0.484 e. The molecule has 22 heavy (non-hydrogen) atoms. The van der Waals surface area contributed by atoms with Crippen molar-refractivity contribution in [2.45, 2.75) is 19.1 Å². The molecule has 0 saturated carbocycles. The van der Waals surface area contributed by atoms with Gasteiger partial charge in [-0.25, -0.2) is 4.98 Å². The first-order chi connectivity index (χ1) is 9.74. The lowest BCUT2D eigenvalue weighted by Gasteiger charge is -2.08. The second kappa shape index (κ2) is 7.12. The Morgan fingerprint density at radius 3 is 2.77 bits per heavy atom. The highest BCUT2D eigenvalue weighted by Gasteiger charge is 2.28. The van der Waals surface area contributed by atoms with Crippen molar-refractivity contribution in [1.82, 2.24) is 4.98 Å². The number of hydrogen-bond acceptors (Lipinski definition) is 5. The smallest absolute Gasteiger partial charge is 0.422 e. The van der Waals surface area contributed by atoms with Crippen LogP contribution in [0, 0.1) is 0 Å². The van der Waals surface area contributed by atoms with Gasteiger partial charge in [0.05, 0.1) is 16.3 Å². The number of thiazole rings is 1. The Kier molecular flexibility index (Phi) is 5.98. The van der Waals surface area contributed by atoms with E-state index in [9.17, 15) is 18.0 Å². The molecule has 122 valence electrons. The molecule has 10 heteroatoms. The molecule has 2 rings (SSSR count). The number of ether oxygens (including phenoxy) is 1. The van der Waals surface area contributed by atoms with Crippen molar-refractivity contribution in [3.8, 4) is 5.75 Å². The van der Waals surface area contributed by atoms with Crippen molar-refractivity contribution in [2.24, 2.45) is 5.73 Å². The number of carbonyl (C=O) groups is 1. The second-order valence-electron chi connectivity index (χ2n) is 4.33. The number of hydrogen-bond donors (Lipinski definition) is 2. The molecule has 1 heterocycles. The molecule has 1 aromatic carbocycles. The molecule has 1 amide bonds. The fourth-order valence-electron chi connectivity index (χ4n) is 1.43. The predicted octanol–water partition coefficient (Wildman–Crippen LogP) is 2.94. The van der Waals surface area contributed by atoms with Crippen molar-refractivity contribution in [3.05, 3.63) is 18.2 Å². The summed E-state index contributed by atoms with van der Waals surface area (Å²) < 4.78 is 41.5. The molecule has 0 spiro atoms. The first kappa shape index (κ1) is 18.5. The molecular weight excluding hydrogens is 343 g/mol. The van der Waals surface area contributed by atoms with E-state index in [0.717, 1.165) is 11.3 Å². The summed E-state index contributed by atoms with van der Waals surface area (Å²) in [6.07, 6.45) is -4.39. The third-order valence-electron chi connectivity index (χ3n) is 2.41. The first-order valence-corrected chi connectivity index (χ1v) is 6.73. The average molecular weight is 356 g/mol. The number of halogens is 4. The van der Waals surface area contributed by atoms with E-state index in [1.807, 2.05) is 0 Å². The van der Waals surface area contributed by atoms with Crippen LogP contribution in [-0.4, -0.2) is 29.7 Å². The van der Waals surface area contributed by atoms with Crippen LogP contribution in [0.4, 0.5) is 18.3 Å². The average Bonchev–Trinajstić information content (AvgIpc) is 2.76. The molecular formula is C12H13ClF3N3O2S. The number of fused-ring (bicyclic) bond motifs is 1. The number of benzene rings is 1. The van der Waals surface area contributed by atoms with E-state index in [4.69, 9.17) is 5.73 Å². The van der Waals surface area contributed by atoms with Gasteiger partial charge >= 0.3 is 6.18 Å². The van der Waals surface area contributed by atoms with E-state index >= 15 is 0 Å². The number of rotatable bonds is 4. The van der Waals surface area contributed by atoms with Crippen LogP contribution in [0.1, 0.15) is 6.92 Å². The van der Waals surface area contributed by atoms with Gasteiger partial charge in [0.2, 0.25) is 5.91 Å². The molecule has 1 atom stereocenters. The van der Waals surface area contributed by atoms with Crippen molar-refractivity contribution in [1.29, 1.82) is 0 Å². The van der Waals surface area contributed by atoms with Crippen molar-refractivity contribution >= 4 is 45.0 Å². The Balaban J connectivity index is 0.00000242. The first-order valence-electron chi connectivity index (χ1n) is 5.91. The van der Waals surface area contributed by atoms with Crippen LogP contribution in [0.5, 0.6) is 5.75 Å². The molecule has 0 unspecified atom stereocenters. The third-order valence-corrected chi connectivity index (χ3v) is 3.34. The van der Waals surface area contributed by atoms with Crippen LogP contribution in [0.15, 0.2) is 18.2 Å². The monoisotopic (exact) mass is 355 g/mol. The zero-order valence-electron chi connectivity index (χ0n) is 11.3. The topological polar surface area (TPSA) is 77.2 Å². The maximum Gasteiger partial charge on any atom is 0.422 e. The Labute approximate surface area is 134 Å². The lowest BCUT2D eigenvalue weighted by Crippen LogP contribution is -2.32. The molecule has 0 aliphatic heterocycles. The zero-order chi connectivity index (χ0) is 15.6. The molecule has 0 bridgehead atoms. The van der Waals surface area contributed by atoms with Crippen molar-refractivity contribution in [2.75, 3.05) is 11.9 Å². The summed E-state index contributed by atoms with van der Waals surface area (Å²) in [5.74, 6) is -0.295. The molecule has 5 nitrogen and oxygen atoms in total. The lowest BCUT2D eigenvalue weighted by molar-refractivity contribution is -0.153. The number of carbonyl (C=O) groups excluding carboxylic acids is 1. The van der Waals surface area contributed by atoms with Gasteiger partial charge in [-0.15, -0.1) is 12.4 Å². The van der Waals surface area contributed by atoms with E-state index in [2.05, 4.69) is 15.0 Å². The summed E-state index contributed by atoms with van der Waals surface area (Å²) in [4.78, 5) is 15.6. The van der Waals surface area contributed by atoms with E-state index in [0.29, 0.717) is 15.3 Å². The number of anilines is 1. The summed E-state index contributed by atoms with van der Waals surface area (Å²) in [5.41, 5.74) is 5.98. The van der Waals surface area contributed by atoms with Gasteiger partial charge in [-0.2, -0.15) is 13.2 Å². The van der Waals surface area contributed by atoms with Gasteiger partial charge in [0.1, 0.15) is 5.75 Å². The van der Waals surface area contributed by atoms with Crippen LogP contribution in [0.3, 0.4) is 0 Å². The number of nitrogens with zero attached hydrogens (tertiary/aromatic N) is 1. The molecule has 0 aliphatic carbocycles. The van der Waals surface area contributed by atoms with Gasteiger partial charge in [-0.1, -0.05) is 11.3 Å². The van der Waals surface area contributed by atoms with Gasteiger partial charge in [0, 0.05) is 0 Å². The van der Waals surface area contributed by atoms with Gasteiger partial charge in [-0.3, -0.25) is 4.79 Å². The summed E-state index contributed by atoms with van der Waals surface area (Å²) >= 11 is 1.13. The van der Waals surface area contributed by atoms with E-state index < -0.39 is 18.8 Å². The summed E-state index contributed by atoms with van der Waals surface area (Å²) in [5, 5.41) is 2.86. The molecule has 1 aromatic heterocycles. The third kappa shape index (κ3) is 5.00. The van der Waals surface area contributed by atoms with Crippen LogP contribution >= 0.6 is 23.7 Å². The second-order valence-corrected chi connectivity index (χ2v) is 5.36. The predicted molar refractivity (Wildman–Crippen MR) is 80.7 cm³/mol. The minimum atomic E-state index is -4.39. The van der Waals surface area contributed by atoms with Gasteiger partial charge < -0.3 is 15.8 Å². The zero-order valence-corrected chi connectivity index (χ0v) is 12.9. The molecule has 0 radical (unpaired) electrons. The fraction of sp³-hybridized carbons (Fsp3) is 0.333. The van der Waals surface area contributed by atoms with Crippen LogP contribution < -0.4 is 15.8 Å². The molecule has 0 saturated heterocycles. The molecule has 3 N–H and O–H groups in total. The Bertz CT molecular complexity index is 661. The number of alkyl halides is 3. The Morgan fingerprint density at radius 1 is 1.50 bits per heavy atom. The number of nitrogens with one attached hydrogen (secondary N) is 1. The molecule has 0 aliphatic rings. The minimum Gasteiger partial charge on any atom is -0.484 e. The SMILES string of the molecule is C[C@@H](N)C(=O)Nc1nc2ccc(OCC(F)(F)F)cc2s1.Cl. The van der Waals surface area contributed by atoms with E-state index in [1.54, 1.807) is 0 Å². The maximum atomic E-state index is 12.1. The minimum absolute atomic E-state index is 0. The van der Waals surface area contributed by atoms with Gasteiger partial charge in [0.15, 0.2) is 11.7 Å². The highest BCUT2D eigenvalue weighted by molar-refractivity contribution is 7.22. The maximum absolute atomic E-state index is 12.1. The van der Waals surface area contributed by atoms with E-state index in [-0.39, 0.29) is 24.1 Å². The number of nitrogens with two attached hydrogens (primary N) is 1. The van der Waals surface area contributed by atoms with Gasteiger partial charge in [-0.05, 0) is 25.1 Å². The number of amides is 1. The molecule has 2 aromatic rings. The Hall–Kier alpha value is -1.58. The summed E-state index contributed by atoms with van der Waals surface area (Å²) in [7, 11) is 0. The normalized spacial score (nSPS) is 12.6. The Morgan fingerprint density at radius 2 is 2.18 bits per heavy atom. The van der Waals surface area contributed by atoms with Gasteiger partial charge in [0.25, 0.3) is 0 Å². The number of aromatic nitrogens is 1. The molecule has 0 fully saturated rings. The quantitative estimate of drug-likeness (QED) is 0.884. The van der Waals surface area contributed by atoms with Crippen molar-refractivity contribution in [3.63, 3.8) is 0 Å². The van der Waals surface area contributed by atoms with Crippen LogP contribution in [0.25, 0.3) is 10.2 Å². The van der Waals surface area contributed by atoms with Crippen LogP contribution in [-0.2, 0) is 4.79 Å².